The van der Waals surface area contributed by atoms with Crippen molar-refractivity contribution in [3.63, 3.8) is 0 Å². The van der Waals surface area contributed by atoms with E-state index in [-0.39, 0.29) is 0 Å². The molecule has 0 aliphatic carbocycles. The number of rotatable bonds is 6. The highest BCUT2D eigenvalue weighted by Gasteiger charge is 2.24. The third-order valence-corrected chi connectivity index (χ3v) is 3.30. The number of nitrogens with one attached hydrogen (secondary N) is 1. The first-order chi connectivity index (χ1) is 9.22. The Kier molecular flexibility index (Phi) is 4.79. The van der Waals surface area contributed by atoms with Crippen molar-refractivity contribution in [3.8, 4) is 0 Å². The van der Waals surface area contributed by atoms with Crippen LogP contribution in [0, 0.1) is 5.92 Å². The molecule has 1 fully saturated rings. The largest absolute Gasteiger partial charge is 0.384 e. The molecule has 1 atom stereocenters. The Bertz CT molecular complexity index is 412. The van der Waals surface area contributed by atoms with Crippen molar-refractivity contribution in [2.45, 2.75) is 19.8 Å². The number of hydrogen-bond acceptors (Lipinski definition) is 6. The van der Waals surface area contributed by atoms with E-state index in [2.05, 4.69) is 27.1 Å². The highest BCUT2D eigenvalue weighted by molar-refractivity contribution is 5.53. The summed E-state index contributed by atoms with van der Waals surface area (Å²) in [5.74, 6) is 2.61. The molecule has 1 unspecified atom stereocenters. The van der Waals surface area contributed by atoms with Gasteiger partial charge in [-0.15, -0.1) is 0 Å². The van der Waals surface area contributed by atoms with E-state index < -0.39 is 0 Å². The molecule has 1 aliphatic rings. The van der Waals surface area contributed by atoms with Crippen LogP contribution in [0.1, 0.15) is 19.8 Å². The second-order valence-corrected chi connectivity index (χ2v) is 4.95. The van der Waals surface area contributed by atoms with Crippen LogP contribution in [0.25, 0.3) is 0 Å². The van der Waals surface area contributed by atoms with E-state index in [1.807, 2.05) is 6.07 Å². The van der Waals surface area contributed by atoms with E-state index in [1.54, 1.807) is 7.11 Å². The van der Waals surface area contributed by atoms with Gasteiger partial charge in [-0.2, -0.15) is 9.97 Å². The lowest BCUT2D eigenvalue weighted by Gasteiger charge is -2.18. The van der Waals surface area contributed by atoms with E-state index >= 15 is 0 Å². The van der Waals surface area contributed by atoms with E-state index in [1.165, 1.54) is 0 Å². The van der Waals surface area contributed by atoms with E-state index in [9.17, 15) is 0 Å². The number of anilines is 3. The van der Waals surface area contributed by atoms with Crippen molar-refractivity contribution < 1.29 is 4.74 Å². The predicted octanol–water partition coefficient (Wildman–Crippen LogP) is 1.35. The van der Waals surface area contributed by atoms with Crippen LogP contribution in [0.15, 0.2) is 6.07 Å². The van der Waals surface area contributed by atoms with Crippen LogP contribution in [0.3, 0.4) is 0 Å². The van der Waals surface area contributed by atoms with Gasteiger partial charge in [0.15, 0.2) is 0 Å². The van der Waals surface area contributed by atoms with Crippen molar-refractivity contribution in [2.24, 2.45) is 5.92 Å². The summed E-state index contributed by atoms with van der Waals surface area (Å²) in [4.78, 5) is 10.8. The average Bonchev–Trinajstić information content (AvgIpc) is 2.85. The number of aromatic nitrogens is 2. The fourth-order valence-electron chi connectivity index (χ4n) is 2.37. The molecular formula is C13H23N5O. The lowest BCUT2D eigenvalue weighted by atomic mass is 10.1. The van der Waals surface area contributed by atoms with Crippen LogP contribution in [0.5, 0.6) is 0 Å². The number of hydrogen-bond donors (Lipinski definition) is 2. The number of nitrogens with zero attached hydrogens (tertiary/aromatic N) is 3. The van der Waals surface area contributed by atoms with Gasteiger partial charge in [0.25, 0.3) is 0 Å². The van der Waals surface area contributed by atoms with Gasteiger partial charge in [-0.3, -0.25) is 0 Å². The molecule has 0 aromatic carbocycles. The molecule has 106 valence electrons. The van der Waals surface area contributed by atoms with Crippen LogP contribution in [-0.2, 0) is 4.74 Å². The van der Waals surface area contributed by atoms with E-state index in [0.29, 0.717) is 11.9 Å². The summed E-state index contributed by atoms with van der Waals surface area (Å²) in [5.41, 5.74) is 5.78. The highest BCUT2D eigenvalue weighted by atomic mass is 16.5. The van der Waals surface area contributed by atoms with Crippen molar-refractivity contribution in [3.05, 3.63) is 6.07 Å². The summed E-state index contributed by atoms with van der Waals surface area (Å²) in [7, 11) is 1.75. The lowest BCUT2D eigenvalue weighted by Crippen LogP contribution is -2.23. The maximum absolute atomic E-state index is 5.78. The zero-order chi connectivity index (χ0) is 13.7. The van der Waals surface area contributed by atoms with Gasteiger partial charge in [0, 0.05) is 38.7 Å². The molecule has 0 radical (unpaired) electrons. The van der Waals surface area contributed by atoms with E-state index in [4.69, 9.17) is 10.5 Å². The maximum atomic E-state index is 5.78. The lowest BCUT2D eigenvalue weighted by molar-refractivity contribution is 0.161. The van der Waals surface area contributed by atoms with Gasteiger partial charge in [0.2, 0.25) is 5.95 Å². The molecule has 1 aliphatic heterocycles. The molecule has 0 spiro atoms. The molecular weight excluding hydrogens is 242 g/mol. The summed E-state index contributed by atoms with van der Waals surface area (Å²) >= 11 is 0. The molecule has 3 N–H and O–H groups in total. The molecule has 2 heterocycles. The van der Waals surface area contributed by atoms with Gasteiger partial charge in [0.05, 0.1) is 6.61 Å². The number of ether oxygens (including phenoxy) is 1. The fraction of sp³-hybridized carbons (Fsp3) is 0.692. The SMILES string of the molecule is CCCNc1cc(N2CCC(COC)C2)nc(N)n1. The van der Waals surface area contributed by atoms with Gasteiger partial charge in [-0.1, -0.05) is 6.92 Å². The summed E-state index contributed by atoms with van der Waals surface area (Å²) < 4.78 is 5.21. The Morgan fingerprint density at radius 3 is 3.11 bits per heavy atom. The zero-order valence-electron chi connectivity index (χ0n) is 11.7. The standard InChI is InChI=1S/C13H23N5O/c1-3-5-15-11-7-12(17-13(14)16-11)18-6-4-10(8-18)9-19-2/h7,10H,3-6,8-9H2,1-2H3,(H3,14,15,16,17). The Morgan fingerprint density at radius 2 is 2.37 bits per heavy atom. The Labute approximate surface area is 114 Å². The Balaban J connectivity index is 2.05. The minimum Gasteiger partial charge on any atom is -0.384 e. The highest BCUT2D eigenvalue weighted by Crippen LogP contribution is 2.24. The Hall–Kier alpha value is -1.56. The quantitative estimate of drug-likeness (QED) is 0.808. The topological polar surface area (TPSA) is 76.3 Å². The minimum atomic E-state index is 0.325. The first kappa shape index (κ1) is 13.9. The summed E-state index contributed by atoms with van der Waals surface area (Å²) in [5, 5.41) is 3.25. The van der Waals surface area contributed by atoms with Gasteiger partial charge in [-0.25, -0.2) is 0 Å². The van der Waals surface area contributed by atoms with Crippen molar-refractivity contribution in [1.82, 2.24) is 9.97 Å². The van der Waals surface area contributed by atoms with Crippen LogP contribution in [-0.4, -0.2) is 43.3 Å². The minimum absolute atomic E-state index is 0.325. The molecule has 1 aromatic rings. The smallest absolute Gasteiger partial charge is 0.223 e. The number of methoxy groups -OCH3 is 1. The second-order valence-electron chi connectivity index (χ2n) is 4.95. The van der Waals surface area contributed by atoms with Gasteiger partial charge in [0.1, 0.15) is 11.6 Å². The summed E-state index contributed by atoms with van der Waals surface area (Å²) in [6, 6.07) is 1.97. The average molecular weight is 265 g/mol. The maximum Gasteiger partial charge on any atom is 0.223 e. The predicted molar refractivity (Wildman–Crippen MR) is 77.4 cm³/mol. The molecule has 0 saturated carbocycles. The van der Waals surface area contributed by atoms with Crippen molar-refractivity contribution >= 4 is 17.6 Å². The molecule has 19 heavy (non-hydrogen) atoms. The molecule has 6 heteroatoms. The van der Waals surface area contributed by atoms with Crippen LogP contribution >= 0.6 is 0 Å². The Morgan fingerprint density at radius 1 is 1.53 bits per heavy atom. The normalized spacial score (nSPS) is 18.8. The number of nitrogen functional groups attached to an aromatic ring is 1. The monoisotopic (exact) mass is 265 g/mol. The van der Waals surface area contributed by atoms with Gasteiger partial charge < -0.3 is 20.7 Å². The second kappa shape index (κ2) is 6.56. The molecule has 1 saturated heterocycles. The van der Waals surface area contributed by atoms with Gasteiger partial charge in [-0.05, 0) is 12.8 Å². The summed E-state index contributed by atoms with van der Waals surface area (Å²) in [6.45, 7) is 5.78. The van der Waals surface area contributed by atoms with Crippen molar-refractivity contribution in [2.75, 3.05) is 49.3 Å². The summed E-state index contributed by atoms with van der Waals surface area (Å²) in [6.07, 6.45) is 2.19. The third-order valence-electron chi connectivity index (χ3n) is 3.30. The molecule has 2 rings (SSSR count). The first-order valence-electron chi connectivity index (χ1n) is 6.85. The van der Waals surface area contributed by atoms with E-state index in [0.717, 1.165) is 50.7 Å². The molecule has 1 aromatic heterocycles. The van der Waals surface area contributed by atoms with Crippen LogP contribution in [0.2, 0.25) is 0 Å². The zero-order valence-corrected chi connectivity index (χ0v) is 11.7. The molecule has 0 amide bonds. The first-order valence-corrected chi connectivity index (χ1v) is 6.85. The van der Waals surface area contributed by atoms with Crippen LogP contribution < -0.4 is 16.0 Å². The fourth-order valence-corrected chi connectivity index (χ4v) is 2.37. The van der Waals surface area contributed by atoms with Gasteiger partial charge >= 0.3 is 0 Å². The molecule has 0 bridgehead atoms. The van der Waals surface area contributed by atoms with Crippen LogP contribution in [0.4, 0.5) is 17.6 Å². The third kappa shape index (κ3) is 3.70. The van der Waals surface area contributed by atoms with Crippen molar-refractivity contribution in [1.29, 1.82) is 0 Å². The molecule has 6 nitrogen and oxygen atoms in total. The number of nitrogens with two attached hydrogens (primary N) is 1.